The van der Waals surface area contributed by atoms with Gasteiger partial charge in [0.15, 0.2) is 5.82 Å². The number of aromatic nitrogens is 5. The van der Waals surface area contributed by atoms with Crippen LogP contribution >= 0.6 is 0 Å². The fraction of sp³-hybridized carbons (Fsp3) is 0.348. The lowest BCUT2D eigenvalue weighted by Gasteiger charge is -2.15. The maximum absolute atomic E-state index is 6.21. The van der Waals surface area contributed by atoms with E-state index in [1.165, 1.54) is 0 Å². The summed E-state index contributed by atoms with van der Waals surface area (Å²) in [6, 6.07) is 10.8. The molecular formula is C23H28N6. The molecular weight excluding hydrogens is 360 g/mol. The van der Waals surface area contributed by atoms with Gasteiger partial charge in [-0.3, -0.25) is 4.57 Å². The highest BCUT2D eigenvalue weighted by molar-refractivity contribution is 5.85. The second-order valence-corrected chi connectivity index (χ2v) is 7.74. The number of hydrogen-bond donors (Lipinski definition) is 1. The van der Waals surface area contributed by atoms with E-state index in [2.05, 4.69) is 78.2 Å². The van der Waals surface area contributed by atoms with Gasteiger partial charge in [0, 0.05) is 23.7 Å². The molecule has 2 aromatic heterocycles. The summed E-state index contributed by atoms with van der Waals surface area (Å²) < 4.78 is 4.34. The number of nitrogen functional groups attached to an aromatic ring is 1. The molecule has 0 aliphatic rings. The minimum atomic E-state index is 0.340. The molecule has 6 heteroatoms. The van der Waals surface area contributed by atoms with E-state index in [-0.39, 0.29) is 0 Å². The highest BCUT2D eigenvalue weighted by Crippen LogP contribution is 2.32. The van der Waals surface area contributed by atoms with Crippen LogP contribution in [0.15, 0.2) is 36.7 Å². The summed E-state index contributed by atoms with van der Waals surface area (Å²) in [5.41, 5.74) is 13.4. The molecule has 2 heterocycles. The lowest BCUT2D eigenvalue weighted by atomic mass is 10.0. The Bertz CT molecular complexity index is 1180. The van der Waals surface area contributed by atoms with Crippen molar-refractivity contribution in [1.29, 1.82) is 0 Å². The first-order chi connectivity index (χ1) is 14.0. The molecule has 0 amide bonds. The molecule has 0 saturated heterocycles. The number of imidazole rings is 1. The third-order valence-corrected chi connectivity index (χ3v) is 5.53. The number of benzene rings is 2. The zero-order chi connectivity index (χ0) is 20.7. The van der Waals surface area contributed by atoms with Crippen molar-refractivity contribution in [2.24, 2.45) is 0 Å². The molecule has 0 spiro atoms. The van der Waals surface area contributed by atoms with Crippen molar-refractivity contribution in [2.45, 2.75) is 53.5 Å². The summed E-state index contributed by atoms with van der Waals surface area (Å²) >= 11 is 0. The second kappa shape index (κ2) is 7.35. The van der Waals surface area contributed by atoms with E-state index < -0.39 is 0 Å². The van der Waals surface area contributed by atoms with Crippen LogP contribution in [0.5, 0.6) is 0 Å². The third kappa shape index (κ3) is 3.09. The van der Waals surface area contributed by atoms with Crippen molar-refractivity contribution in [3.8, 4) is 17.1 Å². The van der Waals surface area contributed by atoms with Crippen molar-refractivity contribution in [3.05, 3.63) is 53.6 Å². The van der Waals surface area contributed by atoms with E-state index in [1.54, 1.807) is 0 Å². The van der Waals surface area contributed by atoms with Crippen LogP contribution in [0.25, 0.3) is 28.1 Å². The largest absolute Gasteiger partial charge is 0.398 e. The van der Waals surface area contributed by atoms with Crippen molar-refractivity contribution in [3.63, 3.8) is 0 Å². The Morgan fingerprint density at radius 2 is 1.86 bits per heavy atom. The van der Waals surface area contributed by atoms with Gasteiger partial charge < -0.3 is 10.3 Å². The topological polar surface area (TPSA) is 74.5 Å². The monoisotopic (exact) mass is 388 g/mol. The molecule has 2 aromatic carbocycles. The summed E-state index contributed by atoms with van der Waals surface area (Å²) in [6.07, 6.45) is 3.57. The summed E-state index contributed by atoms with van der Waals surface area (Å²) in [6.45, 7) is 10.6. The van der Waals surface area contributed by atoms with Crippen LogP contribution in [0.4, 0.5) is 5.69 Å². The van der Waals surface area contributed by atoms with E-state index in [4.69, 9.17) is 10.7 Å². The van der Waals surface area contributed by atoms with Gasteiger partial charge in [-0.25, -0.2) is 4.98 Å². The number of fused-ring (bicyclic) bond motifs is 1. The summed E-state index contributed by atoms with van der Waals surface area (Å²) in [5, 5.41) is 9.09. The summed E-state index contributed by atoms with van der Waals surface area (Å²) in [7, 11) is 0. The van der Waals surface area contributed by atoms with E-state index in [0.717, 1.165) is 63.6 Å². The fourth-order valence-electron chi connectivity index (χ4n) is 3.93. The molecule has 0 aliphatic carbocycles. The normalized spacial score (nSPS) is 11.7. The van der Waals surface area contributed by atoms with Crippen molar-refractivity contribution >= 4 is 16.7 Å². The molecule has 2 N–H and O–H groups in total. The highest BCUT2D eigenvalue weighted by Gasteiger charge is 2.20. The zero-order valence-electron chi connectivity index (χ0n) is 17.8. The zero-order valence-corrected chi connectivity index (χ0v) is 17.8. The SMILES string of the molecule is CCc1cc(-c2nnc(CC)n2-c2cccc3c2ncn3C(C)C)c(C)cc1N. The van der Waals surface area contributed by atoms with Gasteiger partial charge >= 0.3 is 0 Å². The van der Waals surface area contributed by atoms with Crippen LogP contribution in [-0.4, -0.2) is 24.3 Å². The molecule has 29 heavy (non-hydrogen) atoms. The van der Waals surface area contributed by atoms with Gasteiger partial charge in [0.25, 0.3) is 0 Å². The Kier molecular flexibility index (Phi) is 4.86. The van der Waals surface area contributed by atoms with E-state index in [9.17, 15) is 0 Å². The van der Waals surface area contributed by atoms with Crippen molar-refractivity contribution in [2.75, 3.05) is 5.73 Å². The molecule has 0 fully saturated rings. The van der Waals surface area contributed by atoms with Gasteiger partial charge in [-0.2, -0.15) is 0 Å². The highest BCUT2D eigenvalue weighted by atomic mass is 15.3. The van der Waals surface area contributed by atoms with Crippen LogP contribution in [0.2, 0.25) is 0 Å². The lowest BCUT2D eigenvalue weighted by Crippen LogP contribution is -2.05. The number of rotatable bonds is 5. The first kappa shape index (κ1) is 19.2. The van der Waals surface area contributed by atoms with Gasteiger partial charge in [0.1, 0.15) is 11.3 Å². The standard InChI is InChI=1S/C23H28N6/c1-6-16-12-17(15(5)11-18(16)24)23-27-26-21(7-2)29(23)20-10-8-9-19-22(20)25-13-28(19)14(3)4/h8-14H,6-7,24H2,1-5H3. The number of anilines is 1. The predicted octanol–water partition coefficient (Wildman–Crippen LogP) is 4.88. The average Bonchev–Trinajstić information content (AvgIpc) is 3.32. The summed E-state index contributed by atoms with van der Waals surface area (Å²) in [5.74, 6) is 1.75. The molecule has 0 aliphatic heterocycles. The van der Waals surface area contributed by atoms with Crippen LogP contribution < -0.4 is 5.73 Å². The molecule has 0 saturated carbocycles. The predicted molar refractivity (Wildman–Crippen MR) is 118 cm³/mol. The molecule has 6 nitrogen and oxygen atoms in total. The third-order valence-electron chi connectivity index (χ3n) is 5.53. The molecule has 0 radical (unpaired) electrons. The number of para-hydroxylation sites is 1. The Morgan fingerprint density at radius 1 is 1.07 bits per heavy atom. The molecule has 4 aromatic rings. The molecule has 0 bridgehead atoms. The van der Waals surface area contributed by atoms with Gasteiger partial charge in [-0.15, -0.1) is 10.2 Å². The lowest BCUT2D eigenvalue weighted by molar-refractivity contribution is 0.617. The second-order valence-electron chi connectivity index (χ2n) is 7.74. The molecule has 150 valence electrons. The molecule has 4 rings (SSSR count). The summed E-state index contributed by atoms with van der Waals surface area (Å²) in [4.78, 5) is 4.74. The quantitative estimate of drug-likeness (QED) is 0.494. The van der Waals surface area contributed by atoms with E-state index >= 15 is 0 Å². The smallest absolute Gasteiger partial charge is 0.168 e. The Hall–Kier alpha value is -3.15. The van der Waals surface area contributed by atoms with Crippen LogP contribution in [0, 0.1) is 6.92 Å². The van der Waals surface area contributed by atoms with E-state index in [0.29, 0.717) is 6.04 Å². The van der Waals surface area contributed by atoms with Gasteiger partial charge in [-0.05, 0) is 62.6 Å². The maximum atomic E-state index is 6.21. The minimum absolute atomic E-state index is 0.340. The van der Waals surface area contributed by atoms with Crippen LogP contribution in [0.3, 0.4) is 0 Å². The molecule has 0 atom stereocenters. The van der Waals surface area contributed by atoms with Gasteiger partial charge in [0.2, 0.25) is 0 Å². The Morgan fingerprint density at radius 3 is 2.55 bits per heavy atom. The number of nitrogens with zero attached hydrogens (tertiary/aromatic N) is 5. The van der Waals surface area contributed by atoms with Gasteiger partial charge in [-0.1, -0.05) is 19.9 Å². The van der Waals surface area contributed by atoms with Gasteiger partial charge in [0.05, 0.1) is 17.5 Å². The number of nitrogens with two attached hydrogens (primary N) is 1. The minimum Gasteiger partial charge on any atom is -0.398 e. The number of hydrogen-bond acceptors (Lipinski definition) is 4. The van der Waals surface area contributed by atoms with Crippen LogP contribution in [-0.2, 0) is 12.8 Å². The Balaban J connectivity index is 2.00. The maximum Gasteiger partial charge on any atom is 0.168 e. The fourth-order valence-corrected chi connectivity index (χ4v) is 3.93. The first-order valence-electron chi connectivity index (χ1n) is 10.3. The Labute approximate surface area is 171 Å². The number of aryl methyl sites for hydroxylation is 3. The van der Waals surface area contributed by atoms with Crippen molar-refractivity contribution in [1.82, 2.24) is 24.3 Å². The first-order valence-corrected chi connectivity index (χ1v) is 10.3. The van der Waals surface area contributed by atoms with Crippen LogP contribution in [0.1, 0.15) is 50.7 Å². The molecule has 0 unspecified atom stereocenters. The average molecular weight is 389 g/mol. The van der Waals surface area contributed by atoms with E-state index in [1.807, 2.05) is 12.4 Å². The van der Waals surface area contributed by atoms with Crippen molar-refractivity contribution < 1.29 is 0 Å².